The number of aryl methyl sites for hydroxylation is 1. The molecular formula is C25H35N3O4S. The maximum atomic E-state index is 13.2. The predicted octanol–water partition coefficient (Wildman–Crippen LogP) is 3.48. The molecule has 2 aromatic carbocycles. The number of hydrogen-bond acceptors (Lipinski definition) is 4. The minimum Gasteiger partial charge on any atom is -0.352 e. The molecule has 0 heterocycles. The molecule has 1 atom stereocenters. The van der Waals surface area contributed by atoms with Crippen LogP contribution >= 0.6 is 0 Å². The third kappa shape index (κ3) is 8.20. The molecule has 0 bridgehead atoms. The van der Waals surface area contributed by atoms with Crippen LogP contribution < -0.4 is 9.62 Å². The normalized spacial score (nSPS) is 12.3. The fourth-order valence-corrected chi connectivity index (χ4v) is 4.56. The Morgan fingerprint density at radius 1 is 1.00 bits per heavy atom. The summed E-state index contributed by atoms with van der Waals surface area (Å²) in [6, 6.07) is 16.0. The minimum atomic E-state index is -3.49. The molecule has 0 aliphatic heterocycles. The van der Waals surface area contributed by atoms with Crippen molar-refractivity contribution in [1.82, 2.24) is 10.2 Å². The average molecular weight is 474 g/mol. The van der Waals surface area contributed by atoms with Gasteiger partial charge in [0.2, 0.25) is 21.8 Å². The van der Waals surface area contributed by atoms with Crippen molar-refractivity contribution in [3.63, 3.8) is 0 Å². The third-order valence-electron chi connectivity index (χ3n) is 5.23. The molecule has 1 N–H and O–H groups in total. The van der Waals surface area contributed by atoms with Gasteiger partial charge in [-0.15, -0.1) is 0 Å². The second-order valence-corrected chi connectivity index (χ2v) is 10.5. The zero-order chi connectivity index (χ0) is 24.6. The largest absolute Gasteiger partial charge is 0.352 e. The van der Waals surface area contributed by atoms with Gasteiger partial charge in [-0.2, -0.15) is 0 Å². The van der Waals surface area contributed by atoms with Crippen molar-refractivity contribution in [3.05, 3.63) is 65.7 Å². The Morgan fingerprint density at radius 2 is 1.67 bits per heavy atom. The number of benzene rings is 2. The summed E-state index contributed by atoms with van der Waals surface area (Å²) in [6.07, 6.45) is 1.62. The van der Waals surface area contributed by atoms with Crippen LogP contribution in [0.4, 0.5) is 5.69 Å². The Morgan fingerprint density at radius 3 is 2.24 bits per heavy atom. The Bertz CT molecular complexity index is 1040. The van der Waals surface area contributed by atoms with E-state index in [2.05, 4.69) is 5.32 Å². The van der Waals surface area contributed by atoms with Gasteiger partial charge in [0.05, 0.1) is 11.9 Å². The van der Waals surface area contributed by atoms with Crippen LogP contribution in [0.5, 0.6) is 0 Å². The van der Waals surface area contributed by atoms with E-state index >= 15 is 0 Å². The Kier molecular flexibility index (Phi) is 9.46. The lowest BCUT2D eigenvalue weighted by atomic mass is 10.1. The molecule has 0 unspecified atom stereocenters. The third-order valence-corrected chi connectivity index (χ3v) is 6.42. The maximum absolute atomic E-state index is 13.2. The molecule has 0 saturated carbocycles. The van der Waals surface area contributed by atoms with Crippen LogP contribution in [0.25, 0.3) is 0 Å². The number of amides is 2. The van der Waals surface area contributed by atoms with E-state index in [0.717, 1.165) is 17.4 Å². The standard InChI is InChI=1S/C25H35N3O4S/c1-19(2)26-25(30)21(4)27(18-22-12-9-11-20(3)17-22)24(29)15-10-16-28(33(5,31)32)23-13-7-6-8-14-23/h6-9,11-14,17,19,21H,10,15-16,18H2,1-5H3,(H,26,30)/t21-/m0/s1. The number of sulfonamides is 1. The molecule has 0 aliphatic rings. The van der Waals surface area contributed by atoms with Crippen molar-refractivity contribution in [2.45, 2.75) is 59.2 Å². The molecule has 8 heteroatoms. The summed E-state index contributed by atoms with van der Waals surface area (Å²) in [5, 5.41) is 2.87. The first-order valence-electron chi connectivity index (χ1n) is 11.2. The molecule has 2 amide bonds. The number of para-hydroxylation sites is 1. The highest BCUT2D eigenvalue weighted by atomic mass is 32.2. The van der Waals surface area contributed by atoms with E-state index < -0.39 is 16.1 Å². The molecule has 0 spiro atoms. The Balaban J connectivity index is 2.15. The first kappa shape index (κ1) is 26.4. The van der Waals surface area contributed by atoms with Gasteiger partial charge in [-0.3, -0.25) is 13.9 Å². The van der Waals surface area contributed by atoms with E-state index in [1.165, 1.54) is 4.31 Å². The lowest BCUT2D eigenvalue weighted by Crippen LogP contribution is -2.49. The van der Waals surface area contributed by atoms with Crippen molar-refractivity contribution in [2.24, 2.45) is 0 Å². The highest BCUT2D eigenvalue weighted by Crippen LogP contribution is 2.19. The molecule has 180 valence electrons. The van der Waals surface area contributed by atoms with E-state index in [1.54, 1.807) is 36.1 Å². The van der Waals surface area contributed by atoms with Gasteiger partial charge in [0, 0.05) is 25.6 Å². The molecule has 0 fully saturated rings. The number of carbonyl (C=O) groups excluding carboxylic acids is 2. The van der Waals surface area contributed by atoms with Crippen LogP contribution in [-0.2, 0) is 26.2 Å². The van der Waals surface area contributed by atoms with Gasteiger partial charge in [-0.05, 0) is 51.8 Å². The molecule has 2 rings (SSSR count). The zero-order valence-corrected chi connectivity index (χ0v) is 20.9. The summed E-state index contributed by atoms with van der Waals surface area (Å²) >= 11 is 0. The summed E-state index contributed by atoms with van der Waals surface area (Å²) in [5.41, 5.74) is 2.58. The molecule has 7 nitrogen and oxygen atoms in total. The van der Waals surface area contributed by atoms with Gasteiger partial charge in [0.15, 0.2) is 0 Å². The van der Waals surface area contributed by atoms with E-state index in [-0.39, 0.29) is 30.8 Å². The van der Waals surface area contributed by atoms with Crippen LogP contribution in [0.15, 0.2) is 54.6 Å². The van der Waals surface area contributed by atoms with E-state index in [9.17, 15) is 18.0 Å². The van der Waals surface area contributed by atoms with Gasteiger partial charge < -0.3 is 10.2 Å². The SMILES string of the molecule is Cc1cccc(CN(C(=O)CCCN(c2ccccc2)S(C)(=O)=O)[C@@H](C)C(=O)NC(C)C)c1. The first-order valence-corrected chi connectivity index (χ1v) is 13.0. The predicted molar refractivity (Wildman–Crippen MR) is 132 cm³/mol. The molecule has 0 aromatic heterocycles. The number of nitrogens with zero attached hydrogens (tertiary/aromatic N) is 2. The summed E-state index contributed by atoms with van der Waals surface area (Å²) < 4.78 is 25.9. The lowest BCUT2D eigenvalue weighted by Gasteiger charge is -2.30. The molecule has 0 aliphatic carbocycles. The highest BCUT2D eigenvalue weighted by molar-refractivity contribution is 7.92. The summed E-state index contributed by atoms with van der Waals surface area (Å²) in [4.78, 5) is 27.4. The molecule has 33 heavy (non-hydrogen) atoms. The number of carbonyl (C=O) groups is 2. The fraction of sp³-hybridized carbons (Fsp3) is 0.440. The van der Waals surface area contributed by atoms with Crippen molar-refractivity contribution in [2.75, 3.05) is 17.1 Å². The van der Waals surface area contributed by atoms with E-state index in [0.29, 0.717) is 18.7 Å². The van der Waals surface area contributed by atoms with Gasteiger partial charge in [-0.25, -0.2) is 8.42 Å². The van der Waals surface area contributed by atoms with E-state index in [4.69, 9.17) is 0 Å². The zero-order valence-electron chi connectivity index (χ0n) is 20.1. The molecule has 0 saturated heterocycles. The van der Waals surface area contributed by atoms with Crippen LogP contribution in [0, 0.1) is 6.92 Å². The van der Waals surface area contributed by atoms with Crippen LogP contribution in [0.2, 0.25) is 0 Å². The van der Waals surface area contributed by atoms with Crippen molar-refractivity contribution in [3.8, 4) is 0 Å². The molecule has 2 aromatic rings. The lowest BCUT2D eigenvalue weighted by molar-refractivity contribution is -0.140. The Labute approximate surface area is 197 Å². The number of anilines is 1. The minimum absolute atomic E-state index is 0.0370. The maximum Gasteiger partial charge on any atom is 0.242 e. The molecule has 0 radical (unpaired) electrons. The average Bonchev–Trinajstić information content (AvgIpc) is 2.73. The molecular weight excluding hydrogens is 438 g/mol. The fourth-order valence-electron chi connectivity index (χ4n) is 3.59. The summed E-state index contributed by atoms with van der Waals surface area (Å²) in [6.45, 7) is 7.94. The van der Waals surface area contributed by atoms with Gasteiger partial charge in [0.1, 0.15) is 6.04 Å². The second-order valence-electron chi connectivity index (χ2n) is 8.62. The second kappa shape index (κ2) is 11.8. The first-order chi connectivity index (χ1) is 15.5. The van der Waals surface area contributed by atoms with Crippen molar-refractivity contribution >= 4 is 27.5 Å². The van der Waals surface area contributed by atoms with Crippen molar-refractivity contribution < 1.29 is 18.0 Å². The topological polar surface area (TPSA) is 86.8 Å². The quantitative estimate of drug-likeness (QED) is 0.541. The monoisotopic (exact) mass is 473 g/mol. The number of rotatable bonds is 11. The Hall–Kier alpha value is -2.87. The van der Waals surface area contributed by atoms with Crippen LogP contribution in [0.3, 0.4) is 0 Å². The van der Waals surface area contributed by atoms with Crippen LogP contribution in [-0.4, -0.2) is 50.0 Å². The highest BCUT2D eigenvalue weighted by Gasteiger charge is 2.27. The van der Waals surface area contributed by atoms with E-state index in [1.807, 2.05) is 51.1 Å². The number of hydrogen-bond donors (Lipinski definition) is 1. The number of nitrogens with one attached hydrogen (secondary N) is 1. The smallest absolute Gasteiger partial charge is 0.242 e. The van der Waals surface area contributed by atoms with Gasteiger partial charge in [-0.1, -0.05) is 48.0 Å². The summed E-state index contributed by atoms with van der Waals surface area (Å²) in [5.74, 6) is -0.405. The summed E-state index contributed by atoms with van der Waals surface area (Å²) in [7, 11) is -3.49. The van der Waals surface area contributed by atoms with Gasteiger partial charge in [0.25, 0.3) is 0 Å². The van der Waals surface area contributed by atoms with Crippen molar-refractivity contribution in [1.29, 1.82) is 0 Å². The van der Waals surface area contributed by atoms with Crippen LogP contribution in [0.1, 0.15) is 44.7 Å². The van der Waals surface area contributed by atoms with Gasteiger partial charge >= 0.3 is 0 Å².